The fourth-order valence-corrected chi connectivity index (χ4v) is 4.12. The van der Waals surface area contributed by atoms with Crippen LogP contribution in [0, 0.1) is 0 Å². The second-order valence-electron chi connectivity index (χ2n) is 5.89. The van der Waals surface area contributed by atoms with Gasteiger partial charge in [0.2, 0.25) is 5.91 Å². The van der Waals surface area contributed by atoms with Crippen molar-refractivity contribution in [3.8, 4) is 5.75 Å². The first kappa shape index (κ1) is 17.0. The lowest BCUT2D eigenvalue weighted by Gasteiger charge is -2.15. The first-order valence-corrected chi connectivity index (χ1v) is 9.54. The van der Waals surface area contributed by atoms with Gasteiger partial charge in [-0.25, -0.2) is 0 Å². The maximum absolute atomic E-state index is 11.9. The second-order valence-corrected chi connectivity index (χ2v) is 7.39. The van der Waals surface area contributed by atoms with E-state index in [0.717, 1.165) is 22.4 Å². The summed E-state index contributed by atoms with van der Waals surface area (Å²) < 4.78 is 5.93. The van der Waals surface area contributed by atoms with Crippen molar-refractivity contribution in [2.75, 3.05) is 11.1 Å². The molecular formula is C19H16ClN3O2S. The summed E-state index contributed by atoms with van der Waals surface area (Å²) in [7, 11) is 0. The van der Waals surface area contributed by atoms with E-state index in [-0.39, 0.29) is 11.2 Å². The maximum atomic E-state index is 11.9. The van der Waals surface area contributed by atoms with Crippen molar-refractivity contribution in [2.45, 2.75) is 11.9 Å². The number of anilines is 1. The average Bonchev–Trinajstić information content (AvgIpc) is 3.03. The van der Waals surface area contributed by atoms with Gasteiger partial charge in [-0.3, -0.25) is 9.89 Å². The summed E-state index contributed by atoms with van der Waals surface area (Å²) in [5, 5.41) is 10.5. The lowest BCUT2D eigenvalue weighted by Crippen LogP contribution is -2.12. The number of hydrogen-bond donors (Lipinski definition) is 2. The Morgan fingerprint density at radius 1 is 1.23 bits per heavy atom. The molecule has 3 aromatic rings. The summed E-state index contributed by atoms with van der Waals surface area (Å²) in [5.41, 5.74) is 2.96. The van der Waals surface area contributed by atoms with Gasteiger partial charge in [0, 0.05) is 16.1 Å². The van der Waals surface area contributed by atoms with Crippen LogP contribution in [0.4, 0.5) is 5.82 Å². The lowest BCUT2D eigenvalue weighted by molar-refractivity contribution is -0.113. The van der Waals surface area contributed by atoms with Crippen molar-refractivity contribution < 1.29 is 9.53 Å². The van der Waals surface area contributed by atoms with Gasteiger partial charge in [0.05, 0.1) is 17.2 Å². The van der Waals surface area contributed by atoms with Crippen LogP contribution < -0.4 is 10.1 Å². The molecule has 0 bridgehead atoms. The van der Waals surface area contributed by atoms with Crippen LogP contribution >= 0.6 is 23.4 Å². The molecule has 5 nitrogen and oxygen atoms in total. The zero-order chi connectivity index (χ0) is 17.9. The van der Waals surface area contributed by atoms with Crippen molar-refractivity contribution in [1.29, 1.82) is 0 Å². The van der Waals surface area contributed by atoms with E-state index in [1.54, 1.807) is 18.0 Å². The molecule has 4 rings (SSSR count). The normalized spacial score (nSPS) is 16.5. The predicted octanol–water partition coefficient (Wildman–Crippen LogP) is 4.42. The summed E-state index contributed by atoms with van der Waals surface area (Å²) in [6, 6.07) is 15.5. The molecule has 0 saturated heterocycles. The van der Waals surface area contributed by atoms with Crippen LogP contribution in [0.1, 0.15) is 21.9 Å². The number of thioether (sulfide) groups is 1. The van der Waals surface area contributed by atoms with Crippen molar-refractivity contribution >= 4 is 35.1 Å². The third-order valence-corrected chi connectivity index (χ3v) is 5.77. The van der Waals surface area contributed by atoms with Crippen LogP contribution in [0.25, 0.3) is 0 Å². The summed E-state index contributed by atoms with van der Waals surface area (Å²) in [5.74, 6) is 1.77. The number of rotatable bonds is 4. The fraction of sp³-hybridized carbons (Fsp3) is 0.158. The number of benzene rings is 2. The molecule has 0 aliphatic carbocycles. The highest BCUT2D eigenvalue weighted by Crippen LogP contribution is 2.41. The Hall–Kier alpha value is -2.44. The van der Waals surface area contributed by atoms with E-state index >= 15 is 0 Å². The lowest BCUT2D eigenvalue weighted by atomic mass is 10.1. The monoisotopic (exact) mass is 385 g/mol. The minimum absolute atomic E-state index is 0.00608. The van der Waals surface area contributed by atoms with E-state index in [9.17, 15) is 4.79 Å². The minimum atomic E-state index is -0.0332. The molecular weight excluding hydrogens is 370 g/mol. The molecule has 7 heteroatoms. The summed E-state index contributed by atoms with van der Waals surface area (Å²) in [6.45, 7) is 0.401. The standard InChI is InChI=1S/C19H16ClN3O2S/c20-16-7-2-1-4-13(16)10-25-14-6-3-5-12(8-14)18-15-9-21-23-19(15)22-17(24)11-26-18/h1-9,18H,10-11H2,(H2,21,22,23,24)/t18-/m0/s1. The third-order valence-electron chi connectivity index (χ3n) is 4.11. The van der Waals surface area contributed by atoms with E-state index < -0.39 is 0 Å². The number of carbonyl (C=O) groups excluding carboxylic acids is 1. The topological polar surface area (TPSA) is 67.0 Å². The van der Waals surface area contributed by atoms with Crippen molar-refractivity contribution in [3.63, 3.8) is 0 Å². The molecule has 0 radical (unpaired) electrons. The van der Waals surface area contributed by atoms with Crippen LogP contribution in [0.2, 0.25) is 5.02 Å². The smallest absolute Gasteiger partial charge is 0.235 e. The van der Waals surface area contributed by atoms with E-state index in [0.29, 0.717) is 23.2 Å². The van der Waals surface area contributed by atoms with Gasteiger partial charge in [0.1, 0.15) is 18.2 Å². The van der Waals surface area contributed by atoms with E-state index in [2.05, 4.69) is 15.5 Å². The molecule has 132 valence electrons. The SMILES string of the molecule is O=C1CS[C@@H](c2cccc(OCc3ccccc3Cl)c2)c2cn[nH]c2N1. The number of nitrogens with zero attached hydrogens (tertiary/aromatic N) is 1. The molecule has 1 atom stereocenters. The van der Waals surface area contributed by atoms with Gasteiger partial charge in [-0.1, -0.05) is 41.9 Å². The molecule has 0 saturated carbocycles. The quantitative estimate of drug-likeness (QED) is 0.697. The Morgan fingerprint density at radius 3 is 3.00 bits per heavy atom. The van der Waals surface area contributed by atoms with E-state index in [4.69, 9.17) is 16.3 Å². The first-order chi connectivity index (χ1) is 12.7. The number of nitrogens with one attached hydrogen (secondary N) is 2. The average molecular weight is 386 g/mol. The zero-order valence-corrected chi connectivity index (χ0v) is 15.3. The third kappa shape index (κ3) is 3.57. The van der Waals surface area contributed by atoms with Crippen LogP contribution in [-0.2, 0) is 11.4 Å². The highest BCUT2D eigenvalue weighted by atomic mass is 35.5. The summed E-state index contributed by atoms with van der Waals surface area (Å²) in [6.07, 6.45) is 1.76. The van der Waals surface area contributed by atoms with Gasteiger partial charge in [0.15, 0.2) is 0 Å². The molecule has 0 unspecified atom stereocenters. The van der Waals surface area contributed by atoms with Crippen molar-refractivity contribution in [2.24, 2.45) is 0 Å². The largest absolute Gasteiger partial charge is 0.489 e. The van der Waals surface area contributed by atoms with Crippen LogP contribution in [0.15, 0.2) is 54.7 Å². The number of fused-ring (bicyclic) bond motifs is 1. The molecule has 2 aromatic carbocycles. The van der Waals surface area contributed by atoms with Gasteiger partial charge < -0.3 is 10.1 Å². The number of aromatic amines is 1. The number of ether oxygens (including phenoxy) is 1. The molecule has 1 amide bonds. The first-order valence-electron chi connectivity index (χ1n) is 8.11. The number of aromatic nitrogens is 2. The van der Waals surface area contributed by atoms with Gasteiger partial charge in [-0.2, -0.15) is 5.10 Å². The molecule has 26 heavy (non-hydrogen) atoms. The zero-order valence-electron chi connectivity index (χ0n) is 13.7. The van der Waals surface area contributed by atoms with Gasteiger partial charge >= 0.3 is 0 Å². The molecule has 1 aliphatic rings. The molecule has 2 heterocycles. The van der Waals surface area contributed by atoms with Crippen molar-refractivity contribution in [3.05, 3.63) is 76.4 Å². The Kier molecular flexibility index (Phi) is 4.86. The number of halogens is 1. The maximum Gasteiger partial charge on any atom is 0.235 e. The van der Waals surface area contributed by atoms with Crippen LogP contribution in [0.3, 0.4) is 0 Å². The highest BCUT2D eigenvalue weighted by Gasteiger charge is 2.25. The summed E-state index contributed by atoms with van der Waals surface area (Å²) in [4.78, 5) is 11.9. The van der Waals surface area contributed by atoms with E-state index in [1.165, 1.54) is 0 Å². The molecule has 2 N–H and O–H groups in total. The Labute approximate surface area is 160 Å². The predicted molar refractivity (Wildman–Crippen MR) is 104 cm³/mol. The number of H-pyrrole nitrogens is 1. The summed E-state index contributed by atoms with van der Waals surface area (Å²) >= 11 is 7.76. The molecule has 1 aromatic heterocycles. The Balaban J connectivity index is 1.56. The molecule has 1 aliphatic heterocycles. The highest BCUT2D eigenvalue weighted by molar-refractivity contribution is 8.00. The number of carbonyl (C=O) groups is 1. The van der Waals surface area contributed by atoms with Crippen LogP contribution in [-0.4, -0.2) is 21.9 Å². The molecule has 0 fully saturated rings. The van der Waals surface area contributed by atoms with Gasteiger partial charge in [0.25, 0.3) is 0 Å². The number of hydrogen-bond acceptors (Lipinski definition) is 4. The second kappa shape index (κ2) is 7.43. The number of amides is 1. The fourth-order valence-electron chi connectivity index (χ4n) is 2.84. The molecule has 0 spiro atoms. The minimum Gasteiger partial charge on any atom is -0.489 e. The Morgan fingerprint density at radius 2 is 2.12 bits per heavy atom. The van der Waals surface area contributed by atoms with Crippen LogP contribution in [0.5, 0.6) is 5.75 Å². The van der Waals surface area contributed by atoms with Gasteiger partial charge in [-0.05, 0) is 23.8 Å². The Bertz CT molecular complexity index is 944. The van der Waals surface area contributed by atoms with Gasteiger partial charge in [-0.15, -0.1) is 11.8 Å². The van der Waals surface area contributed by atoms with Crippen molar-refractivity contribution in [1.82, 2.24) is 10.2 Å². The van der Waals surface area contributed by atoms with E-state index in [1.807, 2.05) is 48.5 Å².